The zero-order valence-electron chi connectivity index (χ0n) is 24.1. The van der Waals surface area contributed by atoms with Gasteiger partial charge in [0.2, 0.25) is 5.91 Å². The molecule has 2 fully saturated rings. The normalized spacial score (nSPS) is 19.7. The second-order valence-electron chi connectivity index (χ2n) is 11.8. The molecule has 0 unspecified atom stereocenters. The molecule has 214 valence electrons. The third kappa shape index (κ3) is 6.56. The van der Waals surface area contributed by atoms with Crippen molar-refractivity contribution in [3.8, 4) is 0 Å². The summed E-state index contributed by atoms with van der Waals surface area (Å²) in [7, 11) is 4.02. The first-order valence-electron chi connectivity index (χ1n) is 14.9. The predicted molar refractivity (Wildman–Crippen MR) is 162 cm³/mol. The molecule has 8 heteroatoms. The zero-order valence-corrected chi connectivity index (χ0v) is 24.1. The van der Waals surface area contributed by atoms with Crippen molar-refractivity contribution >= 4 is 29.1 Å². The van der Waals surface area contributed by atoms with Gasteiger partial charge >= 0.3 is 6.03 Å². The van der Waals surface area contributed by atoms with Crippen molar-refractivity contribution in [1.29, 1.82) is 0 Å². The van der Waals surface area contributed by atoms with E-state index >= 15 is 0 Å². The molecule has 1 spiro atoms. The van der Waals surface area contributed by atoms with Crippen LogP contribution in [-0.2, 0) is 11.3 Å². The van der Waals surface area contributed by atoms with Gasteiger partial charge in [-0.3, -0.25) is 14.6 Å². The Balaban J connectivity index is 1.39. The van der Waals surface area contributed by atoms with Gasteiger partial charge in [0.25, 0.3) is 0 Å². The maximum absolute atomic E-state index is 13.7. The van der Waals surface area contributed by atoms with Crippen LogP contribution >= 0.6 is 0 Å². The van der Waals surface area contributed by atoms with E-state index in [9.17, 15) is 9.59 Å². The van der Waals surface area contributed by atoms with E-state index in [-0.39, 0.29) is 11.9 Å². The molecule has 8 nitrogen and oxygen atoms in total. The molecule has 0 radical (unpaired) electrons. The Bertz CT molecular complexity index is 1180. The standard InChI is InChI=1S/C32H44N6O2/c1-36(2)21-11-18-29(39)34-27-16-9-10-17-28(27)38-31(40)35-30(33-26-14-7-4-8-15-26)32(38)19-22-37(23-20-32)24-25-12-5-3-6-13-25/h3,5-6,9-10,12-13,16-17,26H,4,7-8,11,14-15,18-24H2,1-2H3,(H,34,39)(H,33,35,40). The lowest BCUT2D eigenvalue weighted by atomic mass is 9.83. The van der Waals surface area contributed by atoms with Crippen molar-refractivity contribution in [2.75, 3.05) is 43.9 Å². The molecule has 3 aliphatic rings. The largest absolute Gasteiger partial charge is 0.369 e. The Kier molecular flexibility index (Phi) is 9.17. The highest BCUT2D eigenvalue weighted by Crippen LogP contribution is 2.42. The Morgan fingerprint density at radius 2 is 1.70 bits per heavy atom. The number of amidine groups is 1. The van der Waals surface area contributed by atoms with Crippen molar-refractivity contribution in [3.05, 3.63) is 60.2 Å². The van der Waals surface area contributed by atoms with Crippen molar-refractivity contribution < 1.29 is 9.59 Å². The van der Waals surface area contributed by atoms with Gasteiger partial charge in [0.1, 0.15) is 11.4 Å². The number of urea groups is 1. The minimum absolute atomic E-state index is 0.0332. The number of carbonyl (C=O) groups excluding carboxylic acids is 2. The molecule has 3 amide bonds. The van der Waals surface area contributed by atoms with Crippen LogP contribution < -0.4 is 15.5 Å². The summed E-state index contributed by atoms with van der Waals surface area (Å²) in [5.41, 5.74) is 2.16. The average Bonchev–Trinajstić information content (AvgIpc) is 3.21. The average molecular weight is 545 g/mol. The SMILES string of the molecule is CN(C)CCCC(=O)Nc1ccccc1N1C(=O)N=C(NC2CCCCC2)C12CCN(Cc1ccccc1)CC2. The van der Waals surface area contributed by atoms with Crippen LogP contribution in [0.25, 0.3) is 0 Å². The number of para-hydroxylation sites is 2. The molecule has 2 heterocycles. The van der Waals surface area contributed by atoms with Gasteiger partial charge in [0.05, 0.1) is 11.4 Å². The molecule has 1 saturated carbocycles. The highest BCUT2D eigenvalue weighted by Gasteiger charge is 2.52. The van der Waals surface area contributed by atoms with Crippen LogP contribution in [0.15, 0.2) is 59.6 Å². The first-order chi connectivity index (χ1) is 19.4. The first-order valence-corrected chi connectivity index (χ1v) is 14.9. The fourth-order valence-corrected chi connectivity index (χ4v) is 6.41. The number of hydrogen-bond acceptors (Lipinski definition) is 5. The number of piperidine rings is 1. The van der Waals surface area contributed by atoms with Crippen molar-refractivity contribution in [2.45, 2.75) is 75.9 Å². The van der Waals surface area contributed by atoms with Crippen LogP contribution in [0.4, 0.5) is 16.2 Å². The quantitative estimate of drug-likeness (QED) is 0.450. The van der Waals surface area contributed by atoms with E-state index in [0.717, 1.165) is 69.8 Å². The van der Waals surface area contributed by atoms with E-state index in [4.69, 9.17) is 0 Å². The minimum Gasteiger partial charge on any atom is -0.369 e. The first kappa shape index (κ1) is 28.3. The molecule has 0 aromatic heterocycles. The van der Waals surface area contributed by atoms with Gasteiger partial charge in [-0.25, -0.2) is 4.79 Å². The monoisotopic (exact) mass is 544 g/mol. The maximum atomic E-state index is 13.7. The predicted octanol–water partition coefficient (Wildman–Crippen LogP) is 5.26. The molecule has 2 N–H and O–H groups in total. The summed E-state index contributed by atoms with van der Waals surface area (Å²) in [5, 5.41) is 6.86. The lowest BCUT2D eigenvalue weighted by Crippen LogP contribution is -2.62. The van der Waals surface area contributed by atoms with Crippen LogP contribution in [0.5, 0.6) is 0 Å². The van der Waals surface area contributed by atoms with E-state index in [1.54, 1.807) is 0 Å². The van der Waals surface area contributed by atoms with Gasteiger partial charge in [0, 0.05) is 32.1 Å². The molecule has 0 atom stereocenters. The molecule has 2 aromatic carbocycles. The second-order valence-corrected chi connectivity index (χ2v) is 11.8. The number of nitrogens with zero attached hydrogens (tertiary/aromatic N) is 4. The molecule has 1 saturated heterocycles. The number of benzene rings is 2. The Morgan fingerprint density at radius 3 is 2.42 bits per heavy atom. The van der Waals surface area contributed by atoms with Crippen LogP contribution in [-0.4, -0.2) is 72.9 Å². The number of anilines is 2. The molecule has 2 aromatic rings. The van der Waals surface area contributed by atoms with Gasteiger partial charge in [-0.05, 0) is 70.4 Å². The molecule has 0 bridgehead atoms. The van der Waals surface area contributed by atoms with Crippen LogP contribution in [0, 0.1) is 0 Å². The highest BCUT2D eigenvalue weighted by molar-refractivity contribution is 6.17. The number of rotatable bonds is 9. The number of hydrogen-bond donors (Lipinski definition) is 2. The number of amides is 3. The van der Waals surface area contributed by atoms with E-state index < -0.39 is 5.54 Å². The van der Waals surface area contributed by atoms with Gasteiger partial charge in [-0.1, -0.05) is 61.7 Å². The third-order valence-electron chi connectivity index (χ3n) is 8.57. The summed E-state index contributed by atoms with van der Waals surface area (Å²) < 4.78 is 0. The van der Waals surface area contributed by atoms with Crippen molar-refractivity contribution in [3.63, 3.8) is 0 Å². The molecular weight excluding hydrogens is 500 g/mol. The number of carbonyl (C=O) groups is 2. The molecule has 5 rings (SSSR count). The molecule has 40 heavy (non-hydrogen) atoms. The van der Waals surface area contributed by atoms with Gasteiger partial charge in [-0.2, -0.15) is 4.99 Å². The summed E-state index contributed by atoms with van der Waals surface area (Å²) in [6.45, 7) is 3.48. The molecular formula is C32H44N6O2. The summed E-state index contributed by atoms with van der Waals surface area (Å²) in [4.78, 5) is 37.7. The Labute approximate surface area is 238 Å². The Morgan fingerprint density at radius 1 is 1.00 bits per heavy atom. The summed E-state index contributed by atoms with van der Waals surface area (Å²) in [6.07, 6.45) is 8.72. The topological polar surface area (TPSA) is 80.3 Å². The zero-order chi connectivity index (χ0) is 28.0. The maximum Gasteiger partial charge on any atom is 0.350 e. The number of aliphatic imine (C=N–C) groups is 1. The summed E-state index contributed by atoms with van der Waals surface area (Å²) in [6, 6.07) is 18.4. The van der Waals surface area contributed by atoms with Crippen LogP contribution in [0.2, 0.25) is 0 Å². The molecule has 1 aliphatic carbocycles. The van der Waals surface area contributed by atoms with Crippen molar-refractivity contribution in [2.24, 2.45) is 4.99 Å². The van der Waals surface area contributed by atoms with E-state index in [1.165, 1.54) is 24.8 Å². The lowest BCUT2D eigenvalue weighted by Gasteiger charge is -2.46. The minimum atomic E-state index is -0.548. The van der Waals surface area contributed by atoms with Gasteiger partial charge < -0.3 is 15.5 Å². The van der Waals surface area contributed by atoms with Gasteiger partial charge in [0.15, 0.2) is 0 Å². The highest BCUT2D eigenvalue weighted by atomic mass is 16.2. The number of likely N-dealkylation sites (tertiary alicyclic amines) is 1. The van der Waals surface area contributed by atoms with Gasteiger partial charge in [-0.15, -0.1) is 0 Å². The van der Waals surface area contributed by atoms with E-state index in [1.807, 2.05) is 43.3 Å². The second kappa shape index (κ2) is 13.0. The summed E-state index contributed by atoms with van der Waals surface area (Å²) >= 11 is 0. The van der Waals surface area contributed by atoms with E-state index in [0.29, 0.717) is 18.2 Å². The third-order valence-corrected chi connectivity index (χ3v) is 8.57. The van der Waals surface area contributed by atoms with E-state index in [2.05, 4.69) is 55.8 Å². The fraction of sp³-hybridized carbons (Fsp3) is 0.531. The number of nitrogens with one attached hydrogen (secondary N) is 2. The fourth-order valence-electron chi connectivity index (χ4n) is 6.41. The van der Waals surface area contributed by atoms with Crippen molar-refractivity contribution in [1.82, 2.24) is 15.1 Å². The summed E-state index contributed by atoms with van der Waals surface area (Å²) in [5.74, 6) is 0.782. The lowest BCUT2D eigenvalue weighted by molar-refractivity contribution is -0.116. The van der Waals surface area contributed by atoms with Crippen LogP contribution in [0.3, 0.4) is 0 Å². The van der Waals surface area contributed by atoms with Crippen LogP contribution in [0.1, 0.15) is 63.4 Å². The smallest absolute Gasteiger partial charge is 0.350 e. The molecule has 2 aliphatic heterocycles. The Hall–Kier alpha value is -3.23.